The van der Waals surface area contributed by atoms with E-state index in [2.05, 4.69) is 25.7 Å². The van der Waals surface area contributed by atoms with E-state index in [9.17, 15) is 0 Å². The molecule has 3 heterocycles. The second-order valence-corrected chi connectivity index (χ2v) is 6.36. The van der Waals surface area contributed by atoms with Gasteiger partial charge in [0.15, 0.2) is 4.67 Å². The molecule has 2 atom stereocenters. The summed E-state index contributed by atoms with van der Waals surface area (Å²) < 4.78 is 6.48. The van der Waals surface area contributed by atoms with E-state index in [1.165, 1.54) is 32.4 Å². The molecular formula is C14H22BrN3O. The molecule has 0 aliphatic carbocycles. The first-order chi connectivity index (χ1) is 9.28. The Bertz CT molecular complexity index is 417. The Morgan fingerprint density at radius 2 is 2.11 bits per heavy atom. The summed E-state index contributed by atoms with van der Waals surface area (Å²) in [5, 5.41) is 0. The van der Waals surface area contributed by atoms with E-state index in [1.807, 2.05) is 12.1 Å². The summed E-state index contributed by atoms with van der Waals surface area (Å²) in [6.45, 7) is 5.42. The van der Waals surface area contributed by atoms with Crippen molar-refractivity contribution < 1.29 is 4.42 Å². The van der Waals surface area contributed by atoms with Crippen molar-refractivity contribution in [3.63, 3.8) is 0 Å². The number of rotatable bonds is 4. The van der Waals surface area contributed by atoms with Gasteiger partial charge in [0.05, 0.1) is 6.04 Å². The normalized spacial score (nSPS) is 27.2. The Kier molecular flexibility index (Phi) is 4.27. The van der Waals surface area contributed by atoms with Gasteiger partial charge in [-0.15, -0.1) is 0 Å². The van der Waals surface area contributed by atoms with Gasteiger partial charge in [-0.25, -0.2) is 0 Å². The minimum absolute atomic E-state index is 0.221. The van der Waals surface area contributed by atoms with Crippen LogP contribution in [0.15, 0.2) is 21.2 Å². The molecule has 0 aromatic carbocycles. The lowest BCUT2D eigenvalue weighted by atomic mass is 10.2. The first-order valence-corrected chi connectivity index (χ1v) is 8.00. The first kappa shape index (κ1) is 13.6. The summed E-state index contributed by atoms with van der Waals surface area (Å²) in [6, 6.07) is 4.92. The molecule has 5 heteroatoms. The molecule has 2 unspecified atom stereocenters. The van der Waals surface area contributed by atoms with Gasteiger partial charge in [-0.2, -0.15) is 0 Å². The highest BCUT2D eigenvalue weighted by molar-refractivity contribution is 9.10. The summed E-state index contributed by atoms with van der Waals surface area (Å²) in [5.41, 5.74) is 5.96. The molecule has 2 fully saturated rings. The van der Waals surface area contributed by atoms with Crippen molar-refractivity contribution in [1.82, 2.24) is 9.80 Å². The molecule has 1 aromatic heterocycles. The Balaban J connectivity index is 1.65. The van der Waals surface area contributed by atoms with E-state index < -0.39 is 0 Å². The highest BCUT2D eigenvalue weighted by atomic mass is 79.9. The van der Waals surface area contributed by atoms with Gasteiger partial charge in [0.25, 0.3) is 0 Å². The average molecular weight is 328 g/mol. The second kappa shape index (κ2) is 5.95. The molecule has 106 valence electrons. The van der Waals surface area contributed by atoms with Crippen LogP contribution in [0.25, 0.3) is 0 Å². The lowest BCUT2D eigenvalue weighted by molar-refractivity contribution is 0.186. The monoisotopic (exact) mass is 327 g/mol. The molecule has 2 saturated heterocycles. The number of hydrogen-bond donors (Lipinski definition) is 1. The fourth-order valence-corrected chi connectivity index (χ4v) is 3.73. The Hall–Kier alpha value is -0.360. The van der Waals surface area contributed by atoms with Gasteiger partial charge in [0, 0.05) is 25.7 Å². The lowest BCUT2D eigenvalue weighted by Crippen LogP contribution is -2.37. The van der Waals surface area contributed by atoms with Crippen molar-refractivity contribution in [2.75, 3.05) is 32.7 Å². The molecule has 0 spiro atoms. The summed E-state index contributed by atoms with van der Waals surface area (Å²) in [4.78, 5) is 5.12. The third kappa shape index (κ3) is 2.89. The van der Waals surface area contributed by atoms with E-state index in [1.54, 1.807) is 0 Å². The molecule has 0 saturated carbocycles. The van der Waals surface area contributed by atoms with Crippen molar-refractivity contribution in [2.45, 2.75) is 31.3 Å². The van der Waals surface area contributed by atoms with Crippen LogP contribution < -0.4 is 5.73 Å². The zero-order valence-corrected chi connectivity index (χ0v) is 12.8. The highest BCUT2D eigenvalue weighted by Crippen LogP contribution is 2.29. The van der Waals surface area contributed by atoms with Gasteiger partial charge < -0.3 is 10.2 Å². The van der Waals surface area contributed by atoms with Crippen LogP contribution in [-0.2, 0) is 0 Å². The SMILES string of the molecule is NCC(c1ccc(Br)o1)N1CCC(N2CCCC2)C1. The molecule has 4 nitrogen and oxygen atoms in total. The van der Waals surface area contributed by atoms with Crippen LogP contribution in [0.3, 0.4) is 0 Å². The number of nitrogens with zero attached hydrogens (tertiary/aromatic N) is 2. The predicted octanol–water partition coefficient (Wildman–Crippen LogP) is 2.21. The smallest absolute Gasteiger partial charge is 0.169 e. The van der Waals surface area contributed by atoms with Crippen LogP contribution in [-0.4, -0.2) is 48.6 Å². The van der Waals surface area contributed by atoms with Crippen LogP contribution in [0.2, 0.25) is 0 Å². The van der Waals surface area contributed by atoms with Gasteiger partial charge in [0.1, 0.15) is 5.76 Å². The molecule has 19 heavy (non-hydrogen) atoms. The average Bonchev–Trinajstić information content (AvgIpc) is 3.10. The highest BCUT2D eigenvalue weighted by Gasteiger charge is 2.33. The fraction of sp³-hybridized carbons (Fsp3) is 0.714. The maximum Gasteiger partial charge on any atom is 0.169 e. The van der Waals surface area contributed by atoms with Crippen molar-refractivity contribution in [1.29, 1.82) is 0 Å². The third-order valence-electron chi connectivity index (χ3n) is 4.44. The molecule has 2 N–H and O–H groups in total. The van der Waals surface area contributed by atoms with E-state index in [0.29, 0.717) is 6.54 Å². The summed E-state index contributed by atoms with van der Waals surface area (Å²) >= 11 is 3.37. The largest absolute Gasteiger partial charge is 0.453 e. The predicted molar refractivity (Wildman–Crippen MR) is 79.0 cm³/mol. The van der Waals surface area contributed by atoms with Gasteiger partial charge in [-0.3, -0.25) is 9.80 Å². The summed E-state index contributed by atoms with van der Waals surface area (Å²) in [6.07, 6.45) is 3.99. The Labute approximate surface area is 123 Å². The molecule has 0 radical (unpaired) electrons. The van der Waals surface area contributed by atoms with Gasteiger partial charge in [-0.05, 0) is 60.4 Å². The summed E-state index contributed by atoms with van der Waals surface area (Å²) in [5.74, 6) is 0.983. The Morgan fingerprint density at radius 1 is 1.32 bits per heavy atom. The van der Waals surface area contributed by atoms with Crippen molar-refractivity contribution in [3.05, 3.63) is 22.6 Å². The van der Waals surface area contributed by atoms with Crippen LogP contribution in [0.4, 0.5) is 0 Å². The minimum Gasteiger partial charge on any atom is -0.453 e. The molecule has 0 amide bonds. The zero-order chi connectivity index (χ0) is 13.2. The van der Waals surface area contributed by atoms with E-state index in [-0.39, 0.29) is 6.04 Å². The van der Waals surface area contributed by atoms with E-state index in [0.717, 1.165) is 29.6 Å². The standard InChI is InChI=1S/C14H22BrN3O/c15-14-4-3-13(19-14)12(9-16)18-8-5-11(10-18)17-6-1-2-7-17/h3-4,11-12H,1-2,5-10,16H2. The Morgan fingerprint density at radius 3 is 2.74 bits per heavy atom. The fourth-order valence-electron chi connectivity index (χ4n) is 3.41. The lowest BCUT2D eigenvalue weighted by Gasteiger charge is -2.27. The molecule has 2 aliphatic rings. The van der Waals surface area contributed by atoms with E-state index in [4.69, 9.17) is 10.2 Å². The number of likely N-dealkylation sites (tertiary alicyclic amines) is 2. The number of hydrogen-bond acceptors (Lipinski definition) is 4. The van der Waals surface area contributed by atoms with Crippen LogP contribution in [0, 0.1) is 0 Å². The molecular weight excluding hydrogens is 306 g/mol. The first-order valence-electron chi connectivity index (χ1n) is 7.21. The topological polar surface area (TPSA) is 45.6 Å². The van der Waals surface area contributed by atoms with Crippen molar-refractivity contribution in [3.8, 4) is 0 Å². The number of halogens is 1. The summed E-state index contributed by atoms with van der Waals surface area (Å²) in [7, 11) is 0. The van der Waals surface area contributed by atoms with Gasteiger partial charge in [-0.1, -0.05) is 0 Å². The molecule has 2 aliphatic heterocycles. The third-order valence-corrected chi connectivity index (χ3v) is 4.86. The van der Waals surface area contributed by atoms with Crippen LogP contribution in [0.5, 0.6) is 0 Å². The quantitative estimate of drug-likeness (QED) is 0.921. The molecule has 1 aromatic rings. The van der Waals surface area contributed by atoms with Crippen molar-refractivity contribution >= 4 is 15.9 Å². The van der Waals surface area contributed by atoms with Gasteiger partial charge in [0.2, 0.25) is 0 Å². The molecule has 3 rings (SSSR count). The number of furan rings is 1. The number of nitrogens with two attached hydrogens (primary N) is 1. The maximum absolute atomic E-state index is 5.96. The van der Waals surface area contributed by atoms with Crippen LogP contribution in [0.1, 0.15) is 31.1 Å². The maximum atomic E-state index is 5.96. The second-order valence-electron chi connectivity index (χ2n) is 5.57. The zero-order valence-electron chi connectivity index (χ0n) is 11.2. The van der Waals surface area contributed by atoms with Crippen molar-refractivity contribution in [2.24, 2.45) is 5.73 Å². The van der Waals surface area contributed by atoms with E-state index >= 15 is 0 Å². The minimum atomic E-state index is 0.221. The molecule has 0 bridgehead atoms. The van der Waals surface area contributed by atoms with Crippen LogP contribution >= 0.6 is 15.9 Å². The van der Waals surface area contributed by atoms with Gasteiger partial charge >= 0.3 is 0 Å².